The molecule has 1 aliphatic heterocycles. The smallest absolute Gasteiger partial charge is 0.357 e. The molecule has 0 aliphatic carbocycles. The van der Waals surface area contributed by atoms with Crippen LogP contribution in [0.5, 0.6) is 0 Å². The first kappa shape index (κ1) is 18.6. The van der Waals surface area contributed by atoms with Crippen LogP contribution in [0.2, 0.25) is 0 Å². The molecule has 1 aliphatic rings. The number of nitrogens with zero attached hydrogens (tertiary/aromatic N) is 5. The molecule has 3 rings (SSSR count). The van der Waals surface area contributed by atoms with Crippen molar-refractivity contribution < 1.29 is 13.2 Å². The number of hydrogen-bond acceptors (Lipinski definition) is 5. The van der Waals surface area contributed by atoms with Crippen molar-refractivity contribution >= 4 is 5.82 Å². The molecule has 2 aromatic heterocycles. The predicted octanol–water partition coefficient (Wildman–Crippen LogP) is 2.57. The molecule has 0 saturated carbocycles. The highest BCUT2D eigenvalue weighted by Crippen LogP contribution is 2.29. The summed E-state index contributed by atoms with van der Waals surface area (Å²) in [5.74, 6) is 2.29. The van der Waals surface area contributed by atoms with Crippen molar-refractivity contribution in [2.45, 2.75) is 45.5 Å². The van der Waals surface area contributed by atoms with Gasteiger partial charge in [0.1, 0.15) is 17.5 Å². The highest BCUT2D eigenvalue weighted by Gasteiger charge is 2.31. The number of hydrogen-bond donors (Lipinski definition) is 1. The number of rotatable bonds is 5. The minimum Gasteiger partial charge on any atom is -0.357 e. The van der Waals surface area contributed by atoms with Gasteiger partial charge in [-0.1, -0.05) is 0 Å². The average Bonchev–Trinajstić information content (AvgIpc) is 2.92. The van der Waals surface area contributed by atoms with Gasteiger partial charge in [0, 0.05) is 31.9 Å². The molecule has 0 radical (unpaired) electrons. The van der Waals surface area contributed by atoms with Gasteiger partial charge in [0.15, 0.2) is 0 Å². The zero-order chi connectivity index (χ0) is 18.7. The summed E-state index contributed by atoms with van der Waals surface area (Å²) in [4.78, 5) is 10.3. The number of aryl methyl sites for hydroxylation is 2. The fourth-order valence-corrected chi connectivity index (χ4v) is 3.20. The molecule has 3 heterocycles. The van der Waals surface area contributed by atoms with Crippen LogP contribution >= 0.6 is 0 Å². The van der Waals surface area contributed by atoms with Crippen LogP contribution in [-0.2, 0) is 12.7 Å². The van der Waals surface area contributed by atoms with Crippen LogP contribution in [0.1, 0.15) is 30.1 Å². The molecule has 6 nitrogen and oxygen atoms in total. The van der Waals surface area contributed by atoms with Crippen molar-refractivity contribution in [3.05, 3.63) is 35.5 Å². The van der Waals surface area contributed by atoms with E-state index in [0.29, 0.717) is 11.9 Å². The molecule has 1 saturated heterocycles. The highest BCUT2D eigenvalue weighted by atomic mass is 19.4. The standard InChI is InChI=1S/C17H23F3N6/c1-12-23-13(2)26(24-12)10-7-21-15-5-8-25(9-6-15)16-4-3-14(11-22-16)17(18,19)20/h3-4,11,15,21H,5-10H2,1-2H3. The third kappa shape index (κ3) is 4.51. The van der Waals surface area contributed by atoms with Gasteiger partial charge in [-0.05, 0) is 38.8 Å². The highest BCUT2D eigenvalue weighted by molar-refractivity contribution is 5.40. The number of anilines is 1. The van der Waals surface area contributed by atoms with Crippen LogP contribution in [0, 0.1) is 13.8 Å². The lowest BCUT2D eigenvalue weighted by Crippen LogP contribution is -2.43. The van der Waals surface area contributed by atoms with E-state index >= 15 is 0 Å². The number of halogens is 3. The second-order valence-electron chi connectivity index (χ2n) is 6.55. The lowest BCUT2D eigenvalue weighted by atomic mass is 10.0. The van der Waals surface area contributed by atoms with Gasteiger partial charge in [-0.15, -0.1) is 0 Å². The summed E-state index contributed by atoms with van der Waals surface area (Å²) in [6, 6.07) is 2.94. The third-order valence-electron chi connectivity index (χ3n) is 4.61. The Labute approximate surface area is 150 Å². The van der Waals surface area contributed by atoms with Gasteiger partial charge in [0.2, 0.25) is 0 Å². The van der Waals surface area contributed by atoms with Crippen LogP contribution in [-0.4, -0.2) is 45.4 Å². The molecule has 142 valence electrons. The van der Waals surface area contributed by atoms with Crippen molar-refractivity contribution in [1.29, 1.82) is 0 Å². The van der Waals surface area contributed by atoms with E-state index in [9.17, 15) is 13.2 Å². The summed E-state index contributed by atoms with van der Waals surface area (Å²) >= 11 is 0. The summed E-state index contributed by atoms with van der Waals surface area (Å²) in [5, 5.41) is 7.86. The van der Waals surface area contributed by atoms with E-state index in [1.165, 1.54) is 6.07 Å². The summed E-state index contributed by atoms with van der Waals surface area (Å²) in [7, 11) is 0. The Morgan fingerprint density at radius 3 is 2.46 bits per heavy atom. The van der Waals surface area contributed by atoms with Gasteiger partial charge < -0.3 is 10.2 Å². The van der Waals surface area contributed by atoms with E-state index < -0.39 is 11.7 Å². The predicted molar refractivity (Wildman–Crippen MR) is 92.0 cm³/mol. The van der Waals surface area contributed by atoms with E-state index in [4.69, 9.17) is 0 Å². The van der Waals surface area contributed by atoms with Crippen LogP contribution in [0.15, 0.2) is 18.3 Å². The van der Waals surface area contributed by atoms with E-state index in [0.717, 1.165) is 62.9 Å². The molecule has 9 heteroatoms. The molecule has 26 heavy (non-hydrogen) atoms. The lowest BCUT2D eigenvalue weighted by Gasteiger charge is -2.33. The number of aromatic nitrogens is 4. The first-order valence-electron chi connectivity index (χ1n) is 8.72. The van der Waals surface area contributed by atoms with Crippen molar-refractivity contribution in [1.82, 2.24) is 25.1 Å². The van der Waals surface area contributed by atoms with E-state index in [2.05, 4.69) is 20.4 Å². The van der Waals surface area contributed by atoms with Gasteiger partial charge >= 0.3 is 6.18 Å². The molecule has 1 N–H and O–H groups in total. The first-order valence-corrected chi connectivity index (χ1v) is 8.72. The van der Waals surface area contributed by atoms with Crippen LogP contribution < -0.4 is 10.2 Å². The van der Waals surface area contributed by atoms with Crippen molar-refractivity contribution in [2.75, 3.05) is 24.5 Å². The van der Waals surface area contributed by atoms with E-state index in [1.54, 1.807) is 0 Å². The van der Waals surface area contributed by atoms with Crippen LogP contribution in [0.3, 0.4) is 0 Å². The topological polar surface area (TPSA) is 58.9 Å². The Morgan fingerprint density at radius 1 is 1.19 bits per heavy atom. The van der Waals surface area contributed by atoms with Gasteiger partial charge in [-0.3, -0.25) is 0 Å². The lowest BCUT2D eigenvalue weighted by molar-refractivity contribution is -0.137. The zero-order valence-corrected chi connectivity index (χ0v) is 14.9. The molecule has 0 unspecified atom stereocenters. The summed E-state index contributed by atoms with van der Waals surface area (Å²) in [5.41, 5.74) is -0.712. The average molecular weight is 368 g/mol. The van der Waals surface area contributed by atoms with Crippen molar-refractivity contribution in [3.8, 4) is 0 Å². The molecule has 0 atom stereocenters. The Morgan fingerprint density at radius 2 is 1.92 bits per heavy atom. The molecule has 2 aromatic rings. The SMILES string of the molecule is Cc1nc(C)n(CCNC2CCN(c3ccc(C(F)(F)F)cn3)CC2)n1. The van der Waals surface area contributed by atoms with Gasteiger partial charge in [-0.25, -0.2) is 14.6 Å². The maximum absolute atomic E-state index is 12.6. The van der Waals surface area contributed by atoms with Crippen molar-refractivity contribution in [2.24, 2.45) is 0 Å². The van der Waals surface area contributed by atoms with E-state index in [1.807, 2.05) is 23.4 Å². The minimum absolute atomic E-state index is 0.394. The number of nitrogens with one attached hydrogen (secondary N) is 1. The first-order chi connectivity index (χ1) is 12.3. The Bertz CT molecular complexity index is 717. The quantitative estimate of drug-likeness (QED) is 0.879. The largest absolute Gasteiger partial charge is 0.417 e. The fourth-order valence-electron chi connectivity index (χ4n) is 3.20. The molecule has 0 amide bonds. The third-order valence-corrected chi connectivity index (χ3v) is 4.61. The maximum atomic E-state index is 12.6. The van der Waals surface area contributed by atoms with Gasteiger partial charge in [0.05, 0.1) is 12.1 Å². The second-order valence-corrected chi connectivity index (χ2v) is 6.55. The molecule has 1 fully saturated rings. The van der Waals surface area contributed by atoms with Crippen molar-refractivity contribution in [3.63, 3.8) is 0 Å². The summed E-state index contributed by atoms with van der Waals surface area (Å²) < 4.78 is 39.7. The number of alkyl halides is 3. The molecule has 0 aromatic carbocycles. The Kier molecular flexibility index (Phi) is 5.45. The Hall–Kier alpha value is -2.16. The van der Waals surface area contributed by atoms with Crippen LogP contribution in [0.25, 0.3) is 0 Å². The summed E-state index contributed by atoms with van der Waals surface area (Å²) in [6.07, 6.45) is -1.58. The molecular formula is C17H23F3N6. The summed E-state index contributed by atoms with van der Waals surface area (Å²) in [6.45, 7) is 6.95. The van der Waals surface area contributed by atoms with Gasteiger partial charge in [-0.2, -0.15) is 18.3 Å². The molecule has 0 spiro atoms. The zero-order valence-electron chi connectivity index (χ0n) is 14.9. The fraction of sp³-hybridized carbons (Fsp3) is 0.588. The maximum Gasteiger partial charge on any atom is 0.417 e. The molecule has 0 bridgehead atoms. The normalized spacial score (nSPS) is 16.3. The van der Waals surface area contributed by atoms with Gasteiger partial charge in [0.25, 0.3) is 0 Å². The number of piperidine rings is 1. The monoisotopic (exact) mass is 368 g/mol. The van der Waals surface area contributed by atoms with Crippen LogP contribution in [0.4, 0.5) is 19.0 Å². The minimum atomic E-state index is -4.34. The second kappa shape index (κ2) is 7.61. The molecular weight excluding hydrogens is 345 g/mol. The van der Waals surface area contributed by atoms with E-state index in [-0.39, 0.29) is 0 Å². The number of pyridine rings is 1. The Balaban J connectivity index is 1.44.